The van der Waals surface area contributed by atoms with Gasteiger partial charge in [0, 0.05) is 0 Å². The quantitative estimate of drug-likeness (QED) is 0.0967. The van der Waals surface area contributed by atoms with Gasteiger partial charge < -0.3 is 61.3 Å². The van der Waals surface area contributed by atoms with Crippen LogP contribution in [0.15, 0.2) is 0 Å². The molecular formula is C12H20Na2O18. The molecule has 0 heterocycles. The summed E-state index contributed by atoms with van der Waals surface area (Å²) in [6.45, 7) is 0. The van der Waals surface area contributed by atoms with Crippen LogP contribution in [0.1, 0.15) is 0 Å². The van der Waals surface area contributed by atoms with Gasteiger partial charge in [-0.3, -0.25) is 0 Å². The topological polar surface area (TPSA) is 346 Å². The number of aliphatic hydroxyl groups excluding tert-OH is 4. The number of esters is 2. The fourth-order valence-electron chi connectivity index (χ4n) is 1.41. The van der Waals surface area contributed by atoms with Crippen molar-refractivity contribution in [2.75, 3.05) is 0 Å². The second-order valence-corrected chi connectivity index (χ2v) is 4.85. The van der Waals surface area contributed by atoms with Crippen molar-refractivity contribution in [2.45, 2.75) is 36.6 Å². The Morgan fingerprint density at radius 2 is 0.688 bits per heavy atom. The van der Waals surface area contributed by atoms with Gasteiger partial charge >= 0.3 is 94.9 Å². The van der Waals surface area contributed by atoms with E-state index in [9.17, 15) is 39.0 Å². The van der Waals surface area contributed by atoms with Gasteiger partial charge in [-0.15, -0.1) is 0 Å². The fraction of sp³-hybridized carbons (Fsp3) is 0.500. The Hall–Kier alpha value is -1.42. The third-order valence-electron chi connectivity index (χ3n) is 2.83. The van der Waals surface area contributed by atoms with Gasteiger partial charge in [-0.25, -0.2) is 28.8 Å². The Morgan fingerprint density at radius 1 is 0.469 bits per heavy atom. The van der Waals surface area contributed by atoms with Gasteiger partial charge in [-0.2, -0.15) is 0 Å². The first-order valence-corrected chi connectivity index (χ1v) is 6.76. The summed E-state index contributed by atoms with van der Waals surface area (Å²) in [6.07, 6.45) is -17.0. The molecular weight excluding hydrogens is 478 g/mol. The van der Waals surface area contributed by atoms with Crippen molar-refractivity contribution in [3.8, 4) is 0 Å². The molecule has 0 radical (unpaired) electrons. The maximum atomic E-state index is 11.5. The first kappa shape index (κ1) is 40.9. The van der Waals surface area contributed by atoms with E-state index in [2.05, 4.69) is 9.47 Å². The van der Waals surface area contributed by atoms with Crippen molar-refractivity contribution in [2.24, 2.45) is 0 Å². The number of carbonyl (C=O) groups excluding carboxylic acids is 2. The molecule has 0 saturated heterocycles. The normalized spacial score (nSPS) is 15.0. The Balaban J connectivity index is -0.000000607. The van der Waals surface area contributed by atoms with Crippen molar-refractivity contribution in [3.05, 3.63) is 0 Å². The van der Waals surface area contributed by atoms with E-state index < -0.39 is 72.4 Å². The van der Waals surface area contributed by atoms with Gasteiger partial charge in [-0.05, 0) is 0 Å². The molecule has 0 bridgehead atoms. The van der Waals surface area contributed by atoms with Gasteiger partial charge in [0.05, 0.1) is 0 Å². The monoisotopic (exact) mass is 498 g/mol. The van der Waals surface area contributed by atoms with E-state index in [1.54, 1.807) is 0 Å². The number of rotatable bonds is 11. The summed E-state index contributed by atoms with van der Waals surface area (Å²) in [5.41, 5.74) is 0. The molecule has 0 aromatic rings. The van der Waals surface area contributed by atoms with Gasteiger partial charge in [0.2, 0.25) is 12.2 Å². The van der Waals surface area contributed by atoms with Gasteiger partial charge in [0.15, 0.2) is 24.4 Å². The van der Waals surface area contributed by atoms with Crippen molar-refractivity contribution in [1.82, 2.24) is 0 Å². The Kier molecular flexibility index (Phi) is 23.1. The van der Waals surface area contributed by atoms with E-state index in [4.69, 9.17) is 30.6 Å². The Morgan fingerprint density at radius 3 is 0.844 bits per heavy atom. The summed E-state index contributed by atoms with van der Waals surface area (Å²) in [4.78, 5) is 65.7. The van der Waals surface area contributed by atoms with E-state index in [0.29, 0.717) is 0 Å². The molecule has 0 spiro atoms. The molecule has 18 nitrogen and oxygen atoms in total. The fourth-order valence-corrected chi connectivity index (χ4v) is 1.41. The number of hydrogen-bond acceptors (Lipinski definition) is 12. The summed E-state index contributed by atoms with van der Waals surface area (Å²) in [5.74, 6) is -12.9. The minimum absolute atomic E-state index is 0. The molecule has 32 heavy (non-hydrogen) atoms. The van der Waals surface area contributed by atoms with Crippen LogP contribution in [0.3, 0.4) is 0 Å². The molecule has 20 heteroatoms. The standard InChI is InChI=1S/C12H14O16.2Na.2H2O.2H/c13-1(11(25)27-5(9(21)22)3(15)7(17)18)2(14)12(26)28-6(10(23)24)4(16)8(19)20;;;;;;/h1-6,13-16H,(H,17,18)(H,19,20)(H,21,22)(H,23,24);;;2*1H2;;. The number of ether oxygens (including phenoxy) is 2. The van der Waals surface area contributed by atoms with Crippen molar-refractivity contribution >= 4 is 94.9 Å². The molecule has 0 aliphatic rings. The predicted molar refractivity (Wildman–Crippen MR) is 95.9 cm³/mol. The molecule has 0 aromatic heterocycles. The van der Waals surface area contributed by atoms with Crippen LogP contribution in [-0.2, 0) is 38.2 Å². The zero-order valence-corrected chi connectivity index (χ0v) is 14.3. The van der Waals surface area contributed by atoms with E-state index in [1.807, 2.05) is 0 Å². The summed E-state index contributed by atoms with van der Waals surface area (Å²) in [7, 11) is 0. The molecule has 0 fully saturated rings. The minimum atomic E-state index is -2.97. The molecule has 6 unspecified atom stereocenters. The average Bonchev–Trinajstić information content (AvgIpc) is 2.60. The summed E-state index contributed by atoms with van der Waals surface area (Å²) in [5, 5.41) is 71.4. The predicted octanol–water partition coefficient (Wildman–Crippen LogP) is -8.35. The Labute approximate surface area is 220 Å². The maximum absolute atomic E-state index is 11.5. The van der Waals surface area contributed by atoms with Crippen LogP contribution in [0.4, 0.5) is 0 Å². The number of aliphatic carboxylic acids is 4. The number of hydrogen-bond donors (Lipinski definition) is 8. The van der Waals surface area contributed by atoms with E-state index >= 15 is 0 Å². The molecule has 0 aliphatic carbocycles. The summed E-state index contributed by atoms with van der Waals surface area (Å²) in [6, 6.07) is 0. The zero-order chi connectivity index (χ0) is 22.3. The number of carboxylic acids is 4. The summed E-state index contributed by atoms with van der Waals surface area (Å²) >= 11 is 0. The van der Waals surface area contributed by atoms with Crippen molar-refractivity contribution in [1.29, 1.82) is 0 Å². The van der Waals surface area contributed by atoms with Crippen LogP contribution in [0.25, 0.3) is 0 Å². The van der Waals surface area contributed by atoms with Crippen molar-refractivity contribution in [3.63, 3.8) is 0 Å². The van der Waals surface area contributed by atoms with E-state index in [0.717, 1.165) is 0 Å². The average molecular weight is 498 g/mol. The van der Waals surface area contributed by atoms with Gasteiger partial charge in [-0.1, -0.05) is 0 Å². The van der Waals surface area contributed by atoms with Crippen molar-refractivity contribution < 1.29 is 90.0 Å². The molecule has 0 saturated carbocycles. The van der Waals surface area contributed by atoms with Crippen LogP contribution < -0.4 is 0 Å². The van der Waals surface area contributed by atoms with E-state index in [1.165, 1.54) is 0 Å². The van der Waals surface area contributed by atoms with Crippen LogP contribution in [-0.4, -0.2) is 183 Å². The molecule has 0 aromatic carbocycles. The molecule has 6 atom stereocenters. The van der Waals surface area contributed by atoms with Crippen LogP contribution in [0.2, 0.25) is 0 Å². The zero-order valence-electron chi connectivity index (χ0n) is 14.3. The third-order valence-corrected chi connectivity index (χ3v) is 2.83. The van der Waals surface area contributed by atoms with Gasteiger partial charge in [0.25, 0.3) is 0 Å². The Bertz CT molecular complexity index is 610. The number of carbonyl (C=O) groups is 6. The molecule has 178 valence electrons. The second-order valence-electron chi connectivity index (χ2n) is 4.85. The first-order chi connectivity index (χ1) is 12.7. The van der Waals surface area contributed by atoms with E-state index in [-0.39, 0.29) is 70.1 Å². The van der Waals surface area contributed by atoms with Crippen LogP contribution >= 0.6 is 0 Å². The van der Waals surface area contributed by atoms with Crippen LogP contribution in [0.5, 0.6) is 0 Å². The summed E-state index contributed by atoms with van der Waals surface area (Å²) < 4.78 is 7.92. The molecule has 12 N–H and O–H groups in total. The van der Waals surface area contributed by atoms with Gasteiger partial charge in [0.1, 0.15) is 0 Å². The first-order valence-electron chi connectivity index (χ1n) is 6.76. The SMILES string of the molecule is O.O.O=C(OC(C(=O)O)C(O)C(=O)O)C(O)C(O)C(=O)OC(C(=O)O)C(O)C(=O)O.[NaH].[NaH]. The van der Waals surface area contributed by atoms with Crippen LogP contribution in [0, 0.1) is 0 Å². The number of carboxylic acid groups (broad SMARTS) is 4. The third kappa shape index (κ3) is 12.0. The number of aliphatic hydroxyl groups is 4. The molecule has 0 amide bonds. The second kappa shape index (κ2) is 18.1. The molecule has 0 rings (SSSR count). The molecule has 0 aliphatic heterocycles.